The van der Waals surface area contributed by atoms with Gasteiger partial charge in [0.15, 0.2) is 0 Å². The molecule has 1 N–H and O–H groups in total. The first-order chi connectivity index (χ1) is 9.79. The zero-order valence-corrected chi connectivity index (χ0v) is 11.6. The molecule has 0 atom stereocenters. The molecule has 2 rings (SSSR count). The Labute approximate surface area is 120 Å². The van der Waals surface area contributed by atoms with Crippen molar-refractivity contribution in [2.45, 2.75) is 20.0 Å². The molecule has 0 bridgehead atoms. The molecule has 3 heteroatoms. The van der Waals surface area contributed by atoms with E-state index in [1.165, 1.54) is 0 Å². The van der Waals surface area contributed by atoms with Crippen molar-refractivity contribution >= 4 is 0 Å². The number of nitrogens with one attached hydrogen (secondary N) is 1. The van der Waals surface area contributed by atoms with Crippen LogP contribution >= 0.6 is 0 Å². The lowest BCUT2D eigenvalue weighted by atomic mass is 10.2. The summed E-state index contributed by atoms with van der Waals surface area (Å²) in [6.45, 7) is 3.73. The number of pyridine rings is 1. The van der Waals surface area contributed by atoms with Gasteiger partial charge in [0.2, 0.25) is 0 Å². The molecule has 0 saturated carbocycles. The van der Waals surface area contributed by atoms with E-state index in [2.05, 4.69) is 16.2 Å². The molecule has 102 valence electrons. The van der Waals surface area contributed by atoms with Gasteiger partial charge < -0.3 is 10.1 Å². The number of hydrogen-bond donors (Lipinski definition) is 1. The Morgan fingerprint density at radius 3 is 2.80 bits per heavy atom. The van der Waals surface area contributed by atoms with Crippen molar-refractivity contribution in [2.75, 3.05) is 6.61 Å². The lowest BCUT2D eigenvalue weighted by Crippen LogP contribution is -2.14. The van der Waals surface area contributed by atoms with Gasteiger partial charge in [0, 0.05) is 24.3 Å². The smallest absolute Gasteiger partial charge is 0.148 e. The van der Waals surface area contributed by atoms with Crippen LogP contribution in [-0.4, -0.2) is 11.6 Å². The van der Waals surface area contributed by atoms with Crippen molar-refractivity contribution in [3.63, 3.8) is 0 Å². The van der Waals surface area contributed by atoms with Crippen molar-refractivity contribution < 1.29 is 4.74 Å². The average molecular weight is 266 g/mol. The minimum Gasteiger partial charge on any atom is -0.481 e. The summed E-state index contributed by atoms with van der Waals surface area (Å²) in [5.74, 6) is 3.31. The Kier molecular flexibility index (Phi) is 5.16. The Morgan fingerprint density at radius 1 is 1.15 bits per heavy atom. The maximum atomic E-state index is 5.52. The van der Waals surface area contributed by atoms with Gasteiger partial charge in [0.1, 0.15) is 12.4 Å². The van der Waals surface area contributed by atoms with Gasteiger partial charge in [0.25, 0.3) is 0 Å². The number of terminal acetylenes is 1. The number of ether oxygens (including phenoxy) is 1. The monoisotopic (exact) mass is 266 g/mol. The van der Waals surface area contributed by atoms with E-state index in [0.29, 0.717) is 0 Å². The number of aryl methyl sites for hydroxylation is 1. The maximum absolute atomic E-state index is 5.52. The summed E-state index contributed by atoms with van der Waals surface area (Å²) in [4.78, 5) is 4.46. The van der Waals surface area contributed by atoms with Crippen LogP contribution < -0.4 is 10.1 Å². The number of hydrogen-bond acceptors (Lipinski definition) is 3. The maximum Gasteiger partial charge on any atom is 0.148 e. The second kappa shape index (κ2) is 7.32. The number of rotatable bonds is 6. The van der Waals surface area contributed by atoms with E-state index in [-0.39, 0.29) is 6.61 Å². The Hall–Kier alpha value is -2.31. The van der Waals surface area contributed by atoms with Crippen molar-refractivity contribution in [1.82, 2.24) is 10.3 Å². The molecule has 0 spiro atoms. The second-order valence-electron chi connectivity index (χ2n) is 4.47. The molecule has 1 aromatic heterocycles. The number of aromatic nitrogens is 1. The summed E-state index contributed by atoms with van der Waals surface area (Å²) in [6.07, 6.45) is 5.22. The zero-order chi connectivity index (χ0) is 14.2. The topological polar surface area (TPSA) is 34.1 Å². The largest absolute Gasteiger partial charge is 0.481 e. The van der Waals surface area contributed by atoms with Gasteiger partial charge in [-0.05, 0) is 25.1 Å². The first kappa shape index (κ1) is 14.1. The third kappa shape index (κ3) is 4.11. The van der Waals surface area contributed by atoms with Crippen LogP contribution in [0.1, 0.15) is 17.0 Å². The highest BCUT2D eigenvalue weighted by Gasteiger charge is 2.02. The summed E-state index contributed by atoms with van der Waals surface area (Å²) < 4.78 is 5.52. The molecule has 1 heterocycles. The third-order valence-electron chi connectivity index (χ3n) is 2.85. The summed E-state index contributed by atoms with van der Waals surface area (Å²) in [6, 6.07) is 13.9. The molecule has 0 aliphatic rings. The van der Waals surface area contributed by atoms with Crippen LogP contribution in [0.5, 0.6) is 5.75 Å². The zero-order valence-electron chi connectivity index (χ0n) is 11.6. The van der Waals surface area contributed by atoms with Crippen molar-refractivity contribution in [3.05, 3.63) is 59.4 Å². The highest BCUT2D eigenvalue weighted by atomic mass is 16.5. The Morgan fingerprint density at radius 2 is 2.00 bits per heavy atom. The van der Waals surface area contributed by atoms with Crippen LogP contribution in [-0.2, 0) is 13.1 Å². The first-order valence-electron chi connectivity index (χ1n) is 6.57. The number of benzene rings is 1. The SMILES string of the molecule is C#CCOc1ccccc1CNCc1cccc(C)n1. The van der Waals surface area contributed by atoms with E-state index in [0.717, 1.165) is 35.8 Å². The van der Waals surface area contributed by atoms with Gasteiger partial charge in [-0.2, -0.15) is 0 Å². The van der Waals surface area contributed by atoms with Crippen molar-refractivity contribution in [1.29, 1.82) is 0 Å². The molecule has 3 nitrogen and oxygen atoms in total. The molecule has 0 fully saturated rings. The van der Waals surface area contributed by atoms with Crippen LogP contribution in [0.25, 0.3) is 0 Å². The van der Waals surface area contributed by atoms with Crippen LogP contribution in [0, 0.1) is 19.3 Å². The molecule has 20 heavy (non-hydrogen) atoms. The standard InChI is InChI=1S/C17H18N2O/c1-3-11-20-17-10-5-4-8-15(17)12-18-13-16-9-6-7-14(2)19-16/h1,4-10,18H,11-13H2,2H3. The molecule has 0 radical (unpaired) electrons. The summed E-state index contributed by atoms with van der Waals surface area (Å²) >= 11 is 0. The predicted octanol–water partition coefficient (Wildman–Crippen LogP) is 2.69. The normalized spacial score (nSPS) is 10.0. The highest BCUT2D eigenvalue weighted by molar-refractivity contribution is 5.33. The quantitative estimate of drug-likeness (QED) is 0.816. The molecule has 0 aliphatic carbocycles. The molecule has 0 unspecified atom stereocenters. The first-order valence-corrected chi connectivity index (χ1v) is 6.57. The van der Waals surface area contributed by atoms with Gasteiger partial charge in [-0.3, -0.25) is 4.98 Å². The Balaban J connectivity index is 1.92. The number of para-hydroxylation sites is 1. The molecule has 0 saturated heterocycles. The lowest BCUT2D eigenvalue weighted by molar-refractivity contribution is 0.364. The summed E-state index contributed by atoms with van der Waals surface area (Å²) in [5, 5.41) is 3.37. The van der Waals surface area contributed by atoms with E-state index in [1.54, 1.807) is 0 Å². The Bertz CT molecular complexity index is 602. The van der Waals surface area contributed by atoms with Gasteiger partial charge in [-0.15, -0.1) is 6.42 Å². The third-order valence-corrected chi connectivity index (χ3v) is 2.85. The fraction of sp³-hybridized carbons (Fsp3) is 0.235. The summed E-state index contributed by atoms with van der Waals surface area (Å²) in [5.41, 5.74) is 3.16. The molecule has 1 aromatic carbocycles. The van der Waals surface area contributed by atoms with E-state index >= 15 is 0 Å². The predicted molar refractivity (Wildman–Crippen MR) is 80.3 cm³/mol. The highest BCUT2D eigenvalue weighted by Crippen LogP contribution is 2.17. The second-order valence-corrected chi connectivity index (χ2v) is 4.47. The average Bonchev–Trinajstić information content (AvgIpc) is 2.46. The molecular weight excluding hydrogens is 248 g/mol. The van der Waals surface area contributed by atoms with Crippen molar-refractivity contribution in [2.24, 2.45) is 0 Å². The number of nitrogens with zero attached hydrogens (tertiary/aromatic N) is 1. The molecular formula is C17H18N2O. The van der Waals surface area contributed by atoms with Gasteiger partial charge in [0.05, 0.1) is 5.69 Å². The van der Waals surface area contributed by atoms with E-state index in [1.807, 2.05) is 49.4 Å². The van der Waals surface area contributed by atoms with Gasteiger partial charge >= 0.3 is 0 Å². The van der Waals surface area contributed by atoms with Crippen molar-refractivity contribution in [3.8, 4) is 18.1 Å². The van der Waals surface area contributed by atoms with Gasteiger partial charge in [-0.1, -0.05) is 30.2 Å². The molecule has 0 amide bonds. The molecule has 0 aliphatic heterocycles. The van der Waals surface area contributed by atoms with E-state index in [9.17, 15) is 0 Å². The molecule has 2 aromatic rings. The van der Waals surface area contributed by atoms with Gasteiger partial charge in [-0.25, -0.2) is 0 Å². The lowest BCUT2D eigenvalue weighted by Gasteiger charge is -2.10. The minimum atomic E-state index is 0.288. The van der Waals surface area contributed by atoms with Crippen LogP contribution in [0.2, 0.25) is 0 Å². The van der Waals surface area contributed by atoms with Crippen LogP contribution in [0.4, 0.5) is 0 Å². The van der Waals surface area contributed by atoms with E-state index in [4.69, 9.17) is 11.2 Å². The summed E-state index contributed by atoms with van der Waals surface area (Å²) in [7, 11) is 0. The van der Waals surface area contributed by atoms with E-state index < -0.39 is 0 Å². The van der Waals surface area contributed by atoms with Crippen LogP contribution in [0.15, 0.2) is 42.5 Å². The van der Waals surface area contributed by atoms with Crippen LogP contribution in [0.3, 0.4) is 0 Å². The fourth-order valence-corrected chi connectivity index (χ4v) is 1.93. The fourth-order valence-electron chi connectivity index (χ4n) is 1.93. The minimum absolute atomic E-state index is 0.288.